The predicted molar refractivity (Wildman–Crippen MR) is 150 cm³/mol. The first-order valence-corrected chi connectivity index (χ1v) is 14.4. The van der Waals surface area contributed by atoms with Crippen LogP contribution in [-0.4, -0.2) is 61.6 Å². The van der Waals surface area contributed by atoms with E-state index in [1.807, 2.05) is 31.2 Å². The summed E-state index contributed by atoms with van der Waals surface area (Å²) in [5, 5.41) is 0. The molecular weight excluding hydrogens is 460 g/mol. The van der Waals surface area contributed by atoms with Crippen molar-refractivity contribution in [2.45, 2.75) is 65.7 Å². The van der Waals surface area contributed by atoms with E-state index in [0.29, 0.717) is 18.9 Å². The van der Waals surface area contributed by atoms with E-state index in [0.717, 1.165) is 75.7 Å². The number of para-hydroxylation sites is 1. The highest BCUT2D eigenvalue weighted by Gasteiger charge is 2.37. The molecule has 0 saturated carbocycles. The molecular formula is C32H46N2O3. The first kappa shape index (κ1) is 27.5. The third-order valence-corrected chi connectivity index (χ3v) is 7.99. The lowest BCUT2D eigenvalue weighted by molar-refractivity contribution is -0.133. The highest BCUT2D eigenvalue weighted by atomic mass is 16.5. The molecule has 0 N–H and O–H groups in total. The van der Waals surface area contributed by atoms with E-state index in [9.17, 15) is 4.79 Å². The fourth-order valence-corrected chi connectivity index (χ4v) is 6.05. The molecule has 0 bridgehead atoms. The number of benzene rings is 2. The standard InChI is InChI=1S/C32H46N2O3/c1-4-36-29-14-12-27(13-15-29)23-31(35)34-19-17-32(18-20-34)16-8-7-10-28-9-5-6-11-30(28)37-22-21-33(25-32)24-26(2)3/h5-6,9,11-15,26H,4,7-8,10,16-25H2,1-3H3. The first-order chi connectivity index (χ1) is 18.0. The number of hydrogen-bond donors (Lipinski definition) is 0. The highest BCUT2D eigenvalue weighted by Crippen LogP contribution is 2.38. The number of piperidine rings is 1. The molecule has 2 aliphatic rings. The molecule has 0 aromatic heterocycles. The van der Waals surface area contributed by atoms with Crippen molar-refractivity contribution in [3.63, 3.8) is 0 Å². The first-order valence-electron chi connectivity index (χ1n) is 14.4. The van der Waals surface area contributed by atoms with Gasteiger partial charge in [0.05, 0.1) is 13.0 Å². The van der Waals surface area contributed by atoms with Crippen LogP contribution in [0.4, 0.5) is 0 Å². The SMILES string of the molecule is CCOc1ccc(CC(=O)N2CCC3(CCCCc4ccccc4OCCN(CC(C)C)C3)CC2)cc1. The van der Waals surface area contributed by atoms with Crippen LogP contribution in [0, 0.1) is 11.3 Å². The molecule has 4 rings (SSSR count). The Balaban J connectivity index is 1.39. The van der Waals surface area contributed by atoms with Crippen LogP contribution in [0.15, 0.2) is 48.5 Å². The molecule has 2 aromatic rings. The third-order valence-electron chi connectivity index (χ3n) is 7.99. The van der Waals surface area contributed by atoms with Crippen molar-refractivity contribution >= 4 is 5.91 Å². The predicted octanol–water partition coefficient (Wildman–Crippen LogP) is 6.00. The van der Waals surface area contributed by atoms with Crippen LogP contribution in [-0.2, 0) is 17.6 Å². The van der Waals surface area contributed by atoms with Gasteiger partial charge in [0.1, 0.15) is 18.1 Å². The molecule has 0 unspecified atom stereocenters. The molecule has 0 atom stereocenters. The normalized spacial score (nSPS) is 19.0. The molecule has 1 fully saturated rings. The summed E-state index contributed by atoms with van der Waals surface area (Å²) in [4.78, 5) is 17.9. The van der Waals surface area contributed by atoms with Crippen LogP contribution in [0.3, 0.4) is 0 Å². The largest absolute Gasteiger partial charge is 0.494 e. The molecule has 0 radical (unpaired) electrons. The zero-order chi connectivity index (χ0) is 26.1. The maximum Gasteiger partial charge on any atom is 0.226 e. The monoisotopic (exact) mass is 506 g/mol. The van der Waals surface area contributed by atoms with Gasteiger partial charge in [0, 0.05) is 32.7 Å². The van der Waals surface area contributed by atoms with Crippen molar-refractivity contribution in [3.05, 3.63) is 59.7 Å². The number of aryl methyl sites for hydroxylation is 1. The van der Waals surface area contributed by atoms with Crippen LogP contribution in [0.2, 0.25) is 0 Å². The minimum absolute atomic E-state index is 0.246. The average molecular weight is 507 g/mol. The summed E-state index contributed by atoms with van der Waals surface area (Å²) >= 11 is 0. The summed E-state index contributed by atoms with van der Waals surface area (Å²) in [6.07, 6.45) is 7.38. The Kier molecular flexibility index (Phi) is 9.90. The molecule has 2 aliphatic heterocycles. The van der Waals surface area contributed by atoms with Crippen molar-refractivity contribution in [2.24, 2.45) is 11.3 Å². The van der Waals surface area contributed by atoms with E-state index in [-0.39, 0.29) is 11.3 Å². The molecule has 202 valence electrons. The van der Waals surface area contributed by atoms with Crippen molar-refractivity contribution in [1.82, 2.24) is 9.80 Å². The summed E-state index contributed by atoms with van der Waals surface area (Å²) < 4.78 is 11.8. The summed E-state index contributed by atoms with van der Waals surface area (Å²) in [6.45, 7) is 12.9. The zero-order valence-corrected chi connectivity index (χ0v) is 23.2. The smallest absolute Gasteiger partial charge is 0.226 e. The van der Waals surface area contributed by atoms with Gasteiger partial charge in [0.2, 0.25) is 5.91 Å². The second-order valence-corrected chi connectivity index (χ2v) is 11.4. The number of nitrogens with zero attached hydrogens (tertiary/aromatic N) is 2. The lowest BCUT2D eigenvalue weighted by atomic mass is 9.73. The fraction of sp³-hybridized carbons (Fsp3) is 0.594. The Hall–Kier alpha value is -2.53. The van der Waals surface area contributed by atoms with Crippen LogP contribution in [0.25, 0.3) is 0 Å². The number of rotatable bonds is 6. The van der Waals surface area contributed by atoms with Gasteiger partial charge in [-0.25, -0.2) is 0 Å². The lowest BCUT2D eigenvalue weighted by Crippen LogP contribution is -2.49. The van der Waals surface area contributed by atoms with Crippen molar-refractivity contribution in [2.75, 3.05) is 45.9 Å². The van der Waals surface area contributed by atoms with E-state index in [4.69, 9.17) is 9.47 Å². The van der Waals surface area contributed by atoms with Gasteiger partial charge >= 0.3 is 0 Å². The number of carbonyl (C=O) groups excluding carboxylic acids is 1. The van der Waals surface area contributed by atoms with Crippen LogP contribution < -0.4 is 9.47 Å². The van der Waals surface area contributed by atoms with E-state index in [1.54, 1.807) is 0 Å². The summed E-state index contributed by atoms with van der Waals surface area (Å²) in [7, 11) is 0. The number of amides is 1. The molecule has 1 saturated heterocycles. The van der Waals surface area contributed by atoms with Gasteiger partial charge in [-0.1, -0.05) is 50.6 Å². The third kappa shape index (κ3) is 7.98. The van der Waals surface area contributed by atoms with E-state index >= 15 is 0 Å². The summed E-state index contributed by atoms with van der Waals surface area (Å²) in [5.74, 6) is 2.78. The van der Waals surface area contributed by atoms with E-state index in [2.05, 4.69) is 47.9 Å². The molecule has 5 heteroatoms. The van der Waals surface area contributed by atoms with E-state index < -0.39 is 0 Å². The van der Waals surface area contributed by atoms with Gasteiger partial charge in [0.15, 0.2) is 0 Å². The van der Waals surface area contributed by atoms with Gasteiger partial charge in [-0.3, -0.25) is 9.69 Å². The molecule has 1 amide bonds. The number of hydrogen-bond acceptors (Lipinski definition) is 4. The summed E-state index contributed by atoms with van der Waals surface area (Å²) in [5.41, 5.74) is 2.68. The average Bonchev–Trinajstić information content (AvgIpc) is 2.88. The zero-order valence-electron chi connectivity index (χ0n) is 23.2. The van der Waals surface area contributed by atoms with Crippen LogP contribution in [0.5, 0.6) is 11.5 Å². The van der Waals surface area contributed by atoms with Gasteiger partial charge in [-0.05, 0) is 79.7 Å². The minimum Gasteiger partial charge on any atom is -0.494 e. The Morgan fingerprint density at radius 2 is 1.76 bits per heavy atom. The Morgan fingerprint density at radius 1 is 1.00 bits per heavy atom. The molecule has 37 heavy (non-hydrogen) atoms. The highest BCUT2D eigenvalue weighted by molar-refractivity contribution is 5.79. The second-order valence-electron chi connectivity index (χ2n) is 11.4. The van der Waals surface area contributed by atoms with Crippen molar-refractivity contribution in [3.8, 4) is 11.5 Å². The quantitative estimate of drug-likeness (QED) is 0.482. The maximum absolute atomic E-state index is 13.2. The van der Waals surface area contributed by atoms with Gasteiger partial charge in [-0.15, -0.1) is 0 Å². The molecule has 5 nitrogen and oxygen atoms in total. The molecule has 2 aromatic carbocycles. The van der Waals surface area contributed by atoms with Crippen LogP contribution >= 0.6 is 0 Å². The van der Waals surface area contributed by atoms with E-state index in [1.165, 1.54) is 24.8 Å². The number of ether oxygens (including phenoxy) is 2. The Labute approximate surface area is 224 Å². The lowest BCUT2D eigenvalue weighted by Gasteiger charge is -2.45. The van der Waals surface area contributed by atoms with Gasteiger partial charge < -0.3 is 14.4 Å². The molecule has 2 heterocycles. The number of fused-ring (bicyclic) bond motifs is 1. The Bertz CT molecular complexity index is 980. The van der Waals surface area contributed by atoms with Gasteiger partial charge in [0.25, 0.3) is 0 Å². The molecule has 0 aliphatic carbocycles. The minimum atomic E-state index is 0.246. The molecule has 1 spiro atoms. The topological polar surface area (TPSA) is 42.0 Å². The Morgan fingerprint density at radius 3 is 2.49 bits per heavy atom. The fourth-order valence-electron chi connectivity index (χ4n) is 6.05. The number of carbonyl (C=O) groups is 1. The maximum atomic E-state index is 13.2. The van der Waals surface area contributed by atoms with Crippen molar-refractivity contribution < 1.29 is 14.3 Å². The van der Waals surface area contributed by atoms with Crippen molar-refractivity contribution in [1.29, 1.82) is 0 Å². The number of likely N-dealkylation sites (tertiary alicyclic amines) is 1. The van der Waals surface area contributed by atoms with Gasteiger partial charge in [-0.2, -0.15) is 0 Å². The van der Waals surface area contributed by atoms with Crippen LogP contribution in [0.1, 0.15) is 64.0 Å². The second kappa shape index (κ2) is 13.3. The summed E-state index contributed by atoms with van der Waals surface area (Å²) in [6, 6.07) is 16.5.